The highest BCUT2D eigenvalue weighted by Crippen LogP contribution is 2.13. The molecule has 0 aliphatic carbocycles. The minimum absolute atomic E-state index is 0.0535. The number of pyridine rings is 1. The maximum absolute atomic E-state index is 13.2. The Bertz CT molecular complexity index is 781. The van der Waals surface area contributed by atoms with Crippen molar-refractivity contribution in [3.63, 3.8) is 0 Å². The first-order chi connectivity index (χ1) is 11.0. The average Bonchev–Trinajstić information content (AvgIpc) is 3.06. The number of hydrogen-bond donors (Lipinski definition) is 2. The van der Waals surface area contributed by atoms with Crippen LogP contribution in [0.4, 0.5) is 4.39 Å². The molecule has 0 radical (unpaired) electrons. The molecule has 122 valence electrons. The van der Waals surface area contributed by atoms with Crippen LogP contribution in [-0.4, -0.2) is 41.5 Å². The third-order valence-corrected chi connectivity index (χ3v) is 4.37. The van der Waals surface area contributed by atoms with Crippen LogP contribution in [0.5, 0.6) is 0 Å². The van der Waals surface area contributed by atoms with Crippen molar-refractivity contribution in [2.75, 3.05) is 19.6 Å². The van der Waals surface area contributed by atoms with Crippen LogP contribution in [0.3, 0.4) is 0 Å². The van der Waals surface area contributed by atoms with Crippen LogP contribution in [-0.2, 0) is 0 Å². The molecule has 0 spiro atoms. The second-order valence-corrected chi connectivity index (χ2v) is 6.05. The van der Waals surface area contributed by atoms with Gasteiger partial charge in [-0.3, -0.25) is 14.5 Å². The molecule has 1 aromatic carbocycles. The van der Waals surface area contributed by atoms with Gasteiger partial charge in [-0.15, -0.1) is 0 Å². The Balaban J connectivity index is 1.74. The summed E-state index contributed by atoms with van der Waals surface area (Å²) in [6.45, 7) is 4.68. The minimum atomic E-state index is -0.505. The second kappa shape index (κ2) is 6.50. The van der Waals surface area contributed by atoms with Gasteiger partial charge in [-0.05, 0) is 62.5 Å². The quantitative estimate of drug-likeness (QED) is 0.905. The Morgan fingerprint density at radius 1 is 1.35 bits per heavy atom. The number of rotatable bonds is 4. The van der Waals surface area contributed by atoms with E-state index in [4.69, 9.17) is 0 Å². The SMILES string of the molecule is CC(CNC(=O)c1cc2ccc(F)cc2[nH]c1=O)N1CCCC1. The molecule has 1 aliphatic heterocycles. The molecule has 0 bridgehead atoms. The fourth-order valence-corrected chi connectivity index (χ4v) is 2.99. The number of carbonyl (C=O) groups excluding carboxylic acids is 1. The first-order valence-electron chi connectivity index (χ1n) is 7.89. The maximum Gasteiger partial charge on any atom is 0.261 e. The lowest BCUT2D eigenvalue weighted by Crippen LogP contribution is -2.41. The molecule has 6 heteroatoms. The molecule has 1 fully saturated rings. The summed E-state index contributed by atoms with van der Waals surface area (Å²) in [5.41, 5.74) is -0.0656. The number of benzene rings is 1. The number of aromatic amines is 1. The predicted octanol–water partition coefficient (Wildman–Crippen LogP) is 1.88. The Labute approximate surface area is 133 Å². The standard InChI is InChI=1S/C17H20FN3O2/c1-11(21-6-2-3-7-21)10-19-16(22)14-8-12-4-5-13(18)9-15(12)20-17(14)23/h4-5,8-9,11H,2-3,6-7,10H2,1H3,(H,19,22)(H,20,23). The molecular weight excluding hydrogens is 297 g/mol. The van der Waals surface area contributed by atoms with Crippen molar-refractivity contribution in [1.29, 1.82) is 0 Å². The maximum atomic E-state index is 13.2. The molecule has 2 N–H and O–H groups in total. The molecule has 0 saturated carbocycles. The summed E-state index contributed by atoms with van der Waals surface area (Å²) in [5.74, 6) is -0.826. The summed E-state index contributed by atoms with van der Waals surface area (Å²) >= 11 is 0. The molecule has 3 rings (SSSR count). The van der Waals surface area contributed by atoms with Gasteiger partial charge in [0.2, 0.25) is 0 Å². The number of nitrogens with zero attached hydrogens (tertiary/aromatic N) is 1. The molecule has 1 aliphatic rings. The Kier molecular flexibility index (Phi) is 4.43. The molecule has 1 unspecified atom stereocenters. The van der Waals surface area contributed by atoms with E-state index in [9.17, 15) is 14.0 Å². The highest BCUT2D eigenvalue weighted by atomic mass is 19.1. The highest BCUT2D eigenvalue weighted by Gasteiger charge is 2.19. The molecule has 2 heterocycles. The number of fused-ring (bicyclic) bond motifs is 1. The summed E-state index contributed by atoms with van der Waals surface area (Å²) in [7, 11) is 0. The number of amides is 1. The zero-order valence-electron chi connectivity index (χ0n) is 13.1. The fourth-order valence-electron chi connectivity index (χ4n) is 2.99. The number of carbonyl (C=O) groups is 1. The van der Waals surface area contributed by atoms with E-state index in [1.807, 2.05) is 0 Å². The lowest BCUT2D eigenvalue weighted by Gasteiger charge is -2.23. The first-order valence-corrected chi connectivity index (χ1v) is 7.89. The van der Waals surface area contributed by atoms with Crippen molar-refractivity contribution >= 4 is 16.8 Å². The zero-order valence-corrected chi connectivity index (χ0v) is 13.1. The topological polar surface area (TPSA) is 65.2 Å². The lowest BCUT2D eigenvalue weighted by molar-refractivity contribution is 0.0939. The Hall–Kier alpha value is -2.21. The van der Waals surface area contributed by atoms with Gasteiger partial charge in [0.05, 0.1) is 5.52 Å². The molecule has 1 saturated heterocycles. The summed E-state index contributed by atoms with van der Waals surface area (Å²) in [6, 6.07) is 5.84. The van der Waals surface area contributed by atoms with Crippen molar-refractivity contribution in [2.24, 2.45) is 0 Å². The number of hydrogen-bond acceptors (Lipinski definition) is 3. The molecule has 1 atom stereocenters. The van der Waals surface area contributed by atoms with Crippen LogP contribution in [0, 0.1) is 5.82 Å². The van der Waals surface area contributed by atoms with Crippen LogP contribution in [0.1, 0.15) is 30.1 Å². The third kappa shape index (κ3) is 3.42. The summed E-state index contributed by atoms with van der Waals surface area (Å²) in [4.78, 5) is 29.2. The van der Waals surface area contributed by atoms with Gasteiger partial charge in [-0.25, -0.2) is 4.39 Å². The minimum Gasteiger partial charge on any atom is -0.350 e. The molecule has 5 nitrogen and oxygen atoms in total. The molecule has 2 aromatic rings. The normalized spacial score (nSPS) is 16.6. The molecule has 1 aromatic heterocycles. The van der Waals surface area contributed by atoms with Gasteiger partial charge >= 0.3 is 0 Å². The van der Waals surface area contributed by atoms with Crippen LogP contribution < -0.4 is 10.9 Å². The monoisotopic (exact) mass is 317 g/mol. The summed E-state index contributed by atoms with van der Waals surface area (Å²) < 4.78 is 13.2. The van der Waals surface area contributed by atoms with Gasteiger partial charge < -0.3 is 10.3 Å². The Morgan fingerprint density at radius 2 is 2.09 bits per heavy atom. The number of H-pyrrole nitrogens is 1. The van der Waals surface area contributed by atoms with Crippen LogP contribution in [0.25, 0.3) is 10.9 Å². The second-order valence-electron chi connectivity index (χ2n) is 6.05. The third-order valence-electron chi connectivity index (χ3n) is 4.37. The average molecular weight is 317 g/mol. The number of aromatic nitrogens is 1. The van der Waals surface area contributed by atoms with E-state index in [-0.39, 0.29) is 11.6 Å². The molecular formula is C17H20FN3O2. The van der Waals surface area contributed by atoms with Gasteiger partial charge in [-0.1, -0.05) is 0 Å². The largest absolute Gasteiger partial charge is 0.350 e. The number of nitrogens with one attached hydrogen (secondary N) is 2. The van der Waals surface area contributed by atoms with E-state index in [2.05, 4.69) is 22.1 Å². The lowest BCUT2D eigenvalue weighted by atomic mass is 10.1. The van der Waals surface area contributed by atoms with E-state index >= 15 is 0 Å². The molecule has 23 heavy (non-hydrogen) atoms. The fraction of sp³-hybridized carbons (Fsp3) is 0.412. The van der Waals surface area contributed by atoms with Gasteiger partial charge in [0.25, 0.3) is 11.5 Å². The van der Waals surface area contributed by atoms with Crippen LogP contribution >= 0.6 is 0 Å². The number of halogens is 1. The van der Waals surface area contributed by atoms with Crippen LogP contribution in [0.2, 0.25) is 0 Å². The highest BCUT2D eigenvalue weighted by molar-refractivity contribution is 5.97. The van der Waals surface area contributed by atoms with Gasteiger partial charge in [0.15, 0.2) is 0 Å². The van der Waals surface area contributed by atoms with Crippen molar-refractivity contribution in [3.8, 4) is 0 Å². The van der Waals surface area contributed by atoms with E-state index in [0.29, 0.717) is 17.4 Å². The van der Waals surface area contributed by atoms with E-state index in [0.717, 1.165) is 13.1 Å². The van der Waals surface area contributed by atoms with Crippen molar-refractivity contribution in [1.82, 2.24) is 15.2 Å². The number of likely N-dealkylation sites (tertiary alicyclic amines) is 1. The van der Waals surface area contributed by atoms with Gasteiger partial charge in [0, 0.05) is 12.6 Å². The smallest absolute Gasteiger partial charge is 0.261 e. The van der Waals surface area contributed by atoms with E-state index in [1.165, 1.54) is 31.0 Å². The van der Waals surface area contributed by atoms with Gasteiger partial charge in [-0.2, -0.15) is 0 Å². The van der Waals surface area contributed by atoms with Gasteiger partial charge in [0.1, 0.15) is 11.4 Å². The van der Waals surface area contributed by atoms with Crippen molar-refractivity contribution in [2.45, 2.75) is 25.8 Å². The zero-order chi connectivity index (χ0) is 16.4. The molecule has 1 amide bonds. The Morgan fingerprint density at radius 3 is 2.83 bits per heavy atom. The summed E-state index contributed by atoms with van der Waals surface area (Å²) in [6.07, 6.45) is 2.39. The van der Waals surface area contributed by atoms with Crippen LogP contribution in [0.15, 0.2) is 29.1 Å². The van der Waals surface area contributed by atoms with Crippen molar-refractivity contribution in [3.05, 3.63) is 46.0 Å². The summed E-state index contributed by atoms with van der Waals surface area (Å²) in [5, 5.41) is 3.45. The van der Waals surface area contributed by atoms with E-state index in [1.54, 1.807) is 6.07 Å². The predicted molar refractivity (Wildman–Crippen MR) is 87.1 cm³/mol. The first kappa shape index (κ1) is 15.7. The van der Waals surface area contributed by atoms with Crippen molar-refractivity contribution < 1.29 is 9.18 Å². The van der Waals surface area contributed by atoms with E-state index < -0.39 is 17.3 Å².